The van der Waals surface area contributed by atoms with Crippen molar-refractivity contribution >= 4 is 7.26 Å². The summed E-state index contributed by atoms with van der Waals surface area (Å²) < 4.78 is 0. The van der Waals surface area contributed by atoms with Gasteiger partial charge < -0.3 is 17.0 Å². The third kappa shape index (κ3) is 17.0. The highest BCUT2D eigenvalue weighted by Crippen LogP contribution is 2.61. The van der Waals surface area contributed by atoms with Gasteiger partial charge in [0.1, 0.15) is 0 Å². The van der Waals surface area contributed by atoms with Crippen molar-refractivity contribution in [3.8, 4) is 0 Å². The second-order valence-electron chi connectivity index (χ2n) is 8.48. The molecule has 160 valence electrons. The number of hydrogen-bond acceptors (Lipinski definition) is 0. The number of rotatable bonds is 20. The minimum Gasteiger partial charge on any atom is -1.00 e. The second-order valence-corrected chi connectivity index (χ2v) is 13.0. The Bertz CT molecular complexity index is 229. The van der Waals surface area contributed by atoms with Crippen molar-refractivity contribution in [2.24, 2.45) is 0 Å². The topological polar surface area (TPSA) is 0 Å². The third-order valence-corrected chi connectivity index (χ3v) is 11.0. The van der Waals surface area contributed by atoms with Gasteiger partial charge >= 0.3 is 0 Å². The fraction of sp³-hybridized carbons (Fsp3) is 1.00. The van der Waals surface area contributed by atoms with Crippen LogP contribution in [0.2, 0.25) is 0 Å². The first kappa shape index (κ1) is 29.1. The van der Waals surface area contributed by atoms with E-state index in [1.165, 1.54) is 89.9 Å². The molecule has 0 saturated carbocycles. The molecular formula is C24H52BrP. The van der Waals surface area contributed by atoms with E-state index in [1.807, 2.05) is 0 Å². The summed E-state index contributed by atoms with van der Waals surface area (Å²) >= 11 is 0. The van der Waals surface area contributed by atoms with Gasteiger partial charge in [-0.25, -0.2) is 0 Å². The number of hydrogen-bond donors (Lipinski definition) is 0. The minimum atomic E-state index is -0.640. The maximum absolute atomic E-state index is 2.39. The Morgan fingerprint density at radius 1 is 0.346 bits per heavy atom. The second kappa shape index (κ2) is 22.2. The highest BCUT2D eigenvalue weighted by Gasteiger charge is 2.34. The lowest BCUT2D eigenvalue weighted by Crippen LogP contribution is -3.00. The Hall–Kier alpha value is 0.910. The quantitative estimate of drug-likeness (QED) is 0.150. The number of unbranched alkanes of at least 4 members (excludes halogenated alkanes) is 12. The van der Waals surface area contributed by atoms with Crippen molar-refractivity contribution in [2.75, 3.05) is 24.6 Å². The average Bonchev–Trinajstić information content (AvgIpc) is 2.63. The first-order valence-corrected chi connectivity index (χ1v) is 14.6. The van der Waals surface area contributed by atoms with Crippen LogP contribution in [0, 0.1) is 0 Å². The van der Waals surface area contributed by atoms with Gasteiger partial charge in [0.25, 0.3) is 0 Å². The monoisotopic (exact) mass is 450 g/mol. The van der Waals surface area contributed by atoms with Crippen LogP contribution in [0.3, 0.4) is 0 Å². The summed E-state index contributed by atoms with van der Waals surface area (Å²) in [6.07, 6.45) is 30.0. The van der Waals surface area contributed by atoms with Gasteiger partial charge in [0, 0.05) is 7.26 Å². The first-order valence-electron chi connectivity index (χ1n) is 12.1. The molecule has 0 aliphatic rings. The number of halogens is 1. The SMILES string of the molecule is CCCCCCCC[P+](CCCC)(CCCC)CCCCCCCC.[Br-]. The largest absolute Gasteiger partial charge is 1.00 e. The lowest BCUT2D eigenvalue weighted by molar-refractivity contribution is -0.00000579. The van der Waals surface area contributed by atoms with Crippen LogP contribution in [-0.4, -0.2) is 24.6 Å². The van der Waals surface area contributed by atoms with E-state index < -0.39 is 7.26 Å². The zero-order valence-electron chi connectivity index (χ0n) is 19.0. The van der Waals surface area contributed by atoms with Crippen LogP contribution < -0.4 is 17.0 Å². The van der Waals surface area contributed by atoms with E-state index in [-0.39, 0.29) is 17.0 Å². The van der Waals surface area contributed by atoms with Crippen molar-refractivity contribution in [3.63, 3.8) is 0 Å². The fourth-order valence-electron chi connectivity index (χ4n) is 4.11. The van der Waals surface area contributed by atoms with Gasteiger partial charge in [-0.15, -0.1) is 0 Å². The minimum absolute atomic E-state index is 0. The van der Waals surface area contributed by atoms with Crippen molar-refractivity contribution in [1.82, 2.24) is 0 Å². The molecule has 0 nitrogen and oxygen atoms in total. The Morgan fingerprint density at radius 2 is 0.615 bits per heavy atom. The molecule has 2 heteroatoms. The summed E-state index contributed by atoms with van der Waals surface area (Å²) in [5.41, 5.74) is 0. The molecule has 0 aromatic carbocycles. The highest BCUT2D eigenvalue weighted by atomic mass is 79.9. The Morgan fingerprint density at radius 3 is 0.962 bits per heavy atom. The lowest BCUT2D eigenvalue weighted by Gasteiger charge is -2.28. The van der Waals surface area contributed by atoms with E-state index in [9.17, 15) is 0 Å². The zero-order chi connectivity index (χ0) is 18.6. The van der Waals surface area contributed by atoms with E-state index >= 15 is 0 Å². The van der Waals surface area contributed by atoms with Crippen molar-refractivity contribution in [2.45, 2.75) is 130 Å². The Balaban J connectivity index is 0. The van der Waals surface area contributed by atoms with E-state index in [0.29, 0.717) is 0 Å². The average molecular weight is 452 g/mol. The molecule has 0 bridgehead atoms. The van der Waals surface area contributed by atoms with Gasteiger partial charge in [0.15, 0.2) is 0 Å². The third-order valence-electron chi connectivity index (χ3n) is 5.94. The van der Waals surface area contributed by atoms with E-state index in [1.54, 1.807) is 37.5 Å². The molecule has 26 heavy (non-hydrogen) atoms. The zero-order valence-corrected chi connectivity index (χ0v) is 21.4. The first-order chi connectivity index (χ1) is 12.2. The predicted octanol–water partition coefficient (Wildman–Crippen LogP) is 6.33. The van der Waals surface area contributed by atoms with Crippen molar-refractivity contribution in [1.29, 1.82) is 0 Å². The molecule has 0 amide bonds. The van der Waals surface area contributed by atoms with Crippen LogP contribution in [0.4, 0.5) is 0 Å². The van der Waals surface area contributed by atoms with Gasteiger partial charge in [-0.05, 0) is 38.5 Å². The van der Waals surface area contributed by atoms with Gasteiger partial charge in [0.05, 0.1) is 24.6 Å². The van der Waals surface area contributed by atoms with Gasteiger partial charge in [-0.3, -0.25) is 0 Å². The van der Waals surface area contributed by atoms with Gasteiger partial charge in [0.2, 0.25) is 0 Å². The molecule has 0 unspecified atom stereocenters. The maximum Gasteiger partial charge on any atom is 0.0594 e. The molecule has 0 heterocycles. The molecule has 0 radical (unpaired) electrons. The molecule has 0 spiro atoms. The van der Waals surface area contributed by atoms with E-state index in [4.69, 9.17) is 0 Å². The van der Waals surface area contributed by atoms with Crippen LogP contribution >= 0.6 is 7.26 Å². The molecule has 0 saturated heterocycles. The molecule has 0 atom stereocenters. The van der Waals surface area contributed by atoms with Crippen LogP contribution in [0.15, 0.2) is 0 Å². The summed E-state index contributed by atoms with van der Waals surface area (Å²) in [6, 6.07) is 0. The van der Waals surface area contributed by atoms with Crippen LogP contribution in [-0.2, 0) is 0 Å². The van der Waals surface area contributed by atoms with Crippen LogP contribution in [0.1, 0.15) is 130 Å². The lowest BCUT2D eigenvalue weighted by atomic mass is 10.1. The summed E-state index contributed by atoms with van der Waals surface area (Å²) in [5.74, 6) is 0. The molecule has 0 rings (SSSR count). The molecule has 0 aliphatic heterocycles. The molecule has 0 fully saturated rings. The normalized spacial score (nSPS) is 11.5. The molecular weight excluding hydrogens is 399 g/mol. The molecule has 0 N–H and O–H groups in total. The summed E-state index contributed by atoms with van der Waals surface area (Å²) in [4.78, 5) is 0. The highest BCUT2D eigenvalue weighted by molar-refractivity contribution is 7.75. The van der Waals surface area contributed by atoms with Gasteiger partial charge in [-0.1, -0.05) is 91.9 Å². The molecule has 0 aromatic heterocycles. The standard InChI is InChI=1S/C24H52P.BrH/c1-5-9-13-15-17-19-23-25(21-11-7-3,22-12-8-4)24-20-18-16-14-10-6-2;/h5-24H2,1-4H3;1H/q+1;/p-1. The summed E-state index contributed by atoms with van der Waals surface area (Å²) in [7, 11) is -0.640. The van der Waals surface area contributed by atoms with Crippen LogP contribution in [0.5, 0.6) is 0 Å². The fourth-order valence-corrected chi connectivity index (χ4v) is 9.22. The predicted molar refractivity (Wildman–Crippen MR) is 123 cm³/mol. The van der Waals surface area contributed by atoms with E-state index in [2.05, 4.69) is 27.7 Å². The van der Waals surface area contributed by atoms with Crippen molar-refractivity contribution < 1.29 is 17.0 Å². The Kier molecular flexibility index (Phi) is 24.9. The Labute approximate surface area is 179 Å². The molecule has 0 aliphatic carbocycles. The maximum atomic E-state index is 2.39. The van der Waals surface area contributed by atoms with Gasteiger partial charge in [-0.2, -0.15) is 0 Å². The summed E-state index contributed by atoms with van der Waals surface area (Å²) in [5, 5.41) is 0. The van der Waals surface area contributed by atoms with E-state index in [0.717, 1.165) is 0 Å². The smallest absolute Gasteiger partial charge is 0.0594 e. The van der Waals surface area contributed by atoms with Crippen LogP contribution in [0.25, 0.3) is 0 Å². The van der Waals surface area contributed by atoms with Crippen molar-refractivity contribution in [3.05, 3.63) is 0 Å². The molecule has 0 aromatic rings. The summed E-state index contributed by atoms with van der Waals surface area (Å²) in [6.45, 7) is 9.44.